The molecule has 0 bridgehead atoms. The second-order valence-electron chi connectivity index (χ2n) is 5.11. The molecule has 1 aliphatic carbocycles. The summed E-state index contributed by atoms with van der Waals surface area (Å²) >= 11 is 0. The van der Waals surface area contributed by atoms with E-state index >= 15 is 0 Å². The summed E-state index contributed by atoms with van der Waals surface area (Å²) in [7, 11) is 0. The van der Waals surface area contributed by atoms with E-state index in [-0.39, 0.29) is 11.8 Å². The highest BCUT2D eigenvalue weighted by atomic mass is 16.5. The predicted octanol–water partition coefficient (Wildman–Crippen LogP) is 1.83. The van der Waals surface area contributed by atoms with Gasteiger partial charge in [0.1, 0.15) is 12.4 Å². The second-order valence-corrected chi connectivity index (χ2v) is 5.11. The molecule has 1 unspecified atom stereocenters. The molecule has 0 fully saturated rings. The Morgan fingerprint density at radius 1 is 1.22 bits per heavy atom. The van der Waals surface area contributed by atoms with Gasteiger partial charge in [-0.3, -0.25) is 9.59 Å². The number of benzene rings is 1. The first-order valence-electron chi connectivity index (χ1n) is 7.39. The Labute approximate surface area is 134 Å². The molecule has 5 heteroatoms. The van der Waals surface area contributed by atoms with Gasteiger partial charge in [-0.05, 0) is 18.2 Å². The van der Waals surface area contributed by atoms with Crippen LogP contribution in [0.25, 0.3) is 0 Å². The van der Waals surface area contributed by atoms with Crippen molar-refractivity contribution in [1.82, 2.24) is 5.32 Å². The highest BCUT2D eigenvalue weighted by Gasteiger charge is 2.28. The maximum atomic E-state index is 12.3. The summed E-state index contributed by atoms with van der Waals surface area (Å²) in [6.07, 6.45) is 8.56. The Hall–Kier alpha value is -2.95. The first-order chi connectivity index (χ1) is 11.2. The molecule has 1 atom stereocenters. The van der Waals surface area contributed by atoms with Crippen LogP contribution in [-0.2, 0) is 9.59 Å². The van der Waals surface area contributed by atoms with Crippen LogP contribution in [0.5, 0.6) is 5.75 Å². The molecular weight excluding hydrogens is 292 g/mol. The zero-order chi connectivity index (χ0) is 16.1. The van der Waals surface area contributed by atoms with Gasteiger partial charge in [0.2, 0.25) is 5.91 Å². The van der Waals surface area contributed by atoms with Gasteiger partial charge in [0.25, 0.3) is 5.91 Å². The van der Waals surface area contributed by atoms with Crippen molar-refractivity contribution in [3.05, 3.63) is 66.3 Å². The average Bonchev–Trinajstić information content (AvgIpc) is 2.58. The second kappa shape index (κ2) is 6.87. The van der Waals surface area contributed by atoms with E-state index in [1.54, 1.807) is 12.2 Å². The minimum Gasteiger partial charge on any atom is -0.492 e. The number of fused-ring (bicyclic) bond motifs is 1. The number of nitrogens with zero attached hydrogens (tertiary/aromatic N) is 1. The lowest BCUT2D eigenvalue weighted by atomic mass is 9.87. The van der Waals surface area contributed by atoms with Crippen LogP contribution in [0.15, 0.2) is 71.3 Å². The van der Waals surface area contributed by atoms with Gasteiger partial charge in [-0.1, -0.05) is 36.4 Å². The first-order valence-corrected chi connectivity index (χ1v) is 7.39. The molecule has 0 aromatic heterocycles. The largest absolute Gasteiger partial charge is 0.492 e. The molecule has 2 amide bonds. The Morgan fingerprint density at radius 2 is 2.04 bits per heavy atom. The minimum absolute atomic E-state index is 0.257. The van der Waals surface area contributed by atoms with Gasteiger partial charge in [-0.25, -0.2) is 4.99 Å². The van der Waals surface area contributed by atoms with Gasteiger partial charge in [0, 0.05) is 11.6 Å². The van der Waals surface area contributed by atoms with E-state index in [2.05, 4.69) is 10.3 Å². The van der Waals surface area contributed by atoms with Crippen LogP contribution in [0.1, 0.15) is 0 Å². The quantitative estimate of drug-likeness (QED) is 0.844. The lowest BCUT2D eigenvalue weighted by Gasteiger charge is -2.21. The standard InChI is InChI=1S/C18H16N2O3/c21-17-12-15(14-8-4-5-9-16(14)20-17)18(22)19-10-11-23-13-6-2-1-3-7-13/h1-9,12,14H,10-11H2,(H,19,22). The molecule has 116 valence electrons. The molecule has 0 radical (unpaired) electrons. The number of carbonyl (C=O) groups excluding carboxylic acids is 2. The summed E-state index contributed by atoms with van der Waals surface area (Å²) in [4.78, 5) is 27.9. The third-order valence-corrected chi connectivity index (χ3v) is 3.52. The molecule has 1 N–H and O–H groups in total. The molecule has 3 rings (SSSR count). The third kappa shape index (κ3) is 3.63. The van der Waals surface area contributed by atoms with Gasteiger partial charge in [-0.15, -0.1) is 0 Å². The number of hydrogen-bond acceptors (Lipinski definition) is 3. The van der Waals surface area contributed by atoms with E-state index in [1.165, 1.54) is 6.08 Å². The predicted molar refractivity (Wildman–Crippen MR) is 87.2 cm³/mol. The maximum Gasteiger partial charge on any atom is 0.270 e. The molecule has 0 saturated heterocycles. The molecule has 0 saturated carbocycles. The maximum absolute atomic E-state index is 12.3. The summed E-state index contributed by atoms with van der Waals surface area (Å²) in [6, 6.07) is 9.39. The summed E-state index contributed by atoms with van der Waals surface area (Å²) in [5.41, 5.74) is 1.02. The first kappa shape index (κ1) is 15.0. The molecule has 0 spiro atoms. The van der Waals surface area contributed by atoms with Crippen molar-refractivity contribution in [3.63, 3.8) is 0 Å². The highest BCUT2D eigenvalue weighted by molar-refractivity contribution is 6.18. The van der Waals surface area contributed by atoms with Crippen LogP contribution >= 0.6 is 0 Å². The number of ether oxygens (including phenoxy) is 1. The fourth-order valence-corrected chi connectivity index (χ4v) is 2.44. The Bertz CT molecular complexity index is 730. The Kier molecular flexibility index (Phi) is 4.47. The lowest BCUT2D eigenvalue weighted by Crippen LogP contribution is -2.35. The Balaban J connectivity index is 1.55. The summed E-state index contributed by atoms with van der Waals surface area (Å²) in [5, 5.41) is 2.78. The van der Waals surface area contributed by atoms with Crippen molar-refractivity contribution in [2.75, 3.05) is 13.2 Å². The number of para-hydroxylation sites is 1. The van der Waals surface area contributed by atoms with Crippen LogP contribution < -0.4 is 10.1 Å². The van der Waals surface area contributed by atoms with Crippen LogP contribution in [0.2, 0.25) is 0 Å². The van der Waals surface area contributed by atoms with Crippen molar-refractivity contribution in [2.24, 2.45) is 10.9 Å². The highest BCUT2D eigenvalue weighted by Crippen LogP contribution is 2.23. The summed E-state index contributed by atoms with van der Waals surface area (Å²) < 4.78 is 5.52. The number of allylic oxidation sites excluding steroid dienone is 4. The van der Waals surface area contributed by atoms with Crippen molar-refractivity contribution in [2.45, 2.75) is 0 Å². The van der Waals surface area contributed by atoms with Crippen LogP contribution in [-0.4, -0.2) is 30.7 Å². The molecule has 1 aromatic carbocycles. The molecular formula is C18H16N2O3. The van der Waals surface area contributed by atoms with E-state index in [0.29, 0.717) is 24.4 Å². The van der Waals surface area contributed by atoms with E-state index < -0.39 is 5.91 Å². The summed E-state index contributed by atoms with van der Waals surface area (Å²) in [6.45, 7) is 0.719. The third-order valence-electron chi connectivity index (χ3n) is 3.52. The van der Waals surface area contributed by atoms with Crippen LogP contribution in [0, 0.1) is 5.92 Å². The zero-order valence-corrected chi connectivity index (χ0v) is 12.4. The average molecular weight is 308 g/mol. The van der Waals surface area contributed by atoms with E-state index in [0.717, 1.165) is 5.75 Å². The smallest absolute Gasteiger partial charge is 0.270 e. The minimum atomic E-state index is -0.401. The SMILES string of the molecule is O=C1C=C(C(=O)NCCOc2ccccc2)C2C=CC=CC2=N1. The molecule has 1 aliphatic heterocycles. The fourth-order valence-electron chi connectivity index (χ4n) is 2.44. The number of rotatable bonds is 5. The fraction of sp³-hybridized carbons (Fsp3) is 0.167. The topological polar surface area (TPSA) is 67.8 Å². The van der Waals surface area contributed by atoms with E-state index in [9.17, 15) is 9.59 Å². The number of hydrogen-bond donors (Lipinski definition) is 1. The van der Waals surface area contributed by atoms with Crippen LogP contribution in [0.4, 0.5) is 0 Å². The monoisotopic (exact) mass is 308 g/mol. The van der Waals surface area contributed by atoms with Crippen LogP contribution in [0.3, 0.4) is 0 Å². The van der Waals surface area contributed by atoms with Crippen molar-refractivity contribution in [3.8, 4) is 5.75 Å². The number of dihydropyridines is 1. The normalized spacial score (nSPS) is 18.8. The number of amides is 2. The Morgan fingerprint density at radius 3 is 2.87 bits per heavy atom. The number of carbonyl (C=O) groups is 2. The van der Waals surface area contributed by atoms with Gasteiger partial charge >= 0.3 is 0 Å². The van der Waals surface area contributed by atoms with E-state index in [1.807, 2.05) is 42.5 Å². The van der Waals surface area contributed by atoms with Gasteiger partial charge in [0.15, 0.2) is 0 Å². The van der Waals surface area contributed by atoms with Gasteiger partial charge < -0.3 is 10.1 Å². The van der Waals surface area contributed by atoms with Crippen molar-refractivity contribution >= 4 is 17.5 Å². The molecule has 2 aliphatic rings. The molecule has 1 heterocycles. The zero-order valence-electron chi connectivity index (χ0n) is 12.4. The summed E-state index contributed by atoms with van der Waals surface area (Å²) in [5.74, 6) is -0.175. The number of aliphatic imine (C=N–C) groups is 1. The van der Waals surface area contributed by atoms with Crippen molar-refractivity contribution < 1.29 is 14.3 Å². The molecule has 1 aromatic rings. The van der Waals surface area contributed by atoms with Gasteiger partial charge in [-0.2, -0.15) is 0 Å². The lowest BCUT2D eigenvalue weighted by molar-refractivity contribution is -0.119. The van der Waals surface area contributed by atoms with Crippen molar-refractivity contribution in [1.29, 1.82) is 0 Å². The molecule has 5 nitrogen and oxygen atoms in total. The van der Waals surface area contributed by atoms with Gasteiger partial charge in [0.05, 0.1) is 18.2 Å². The van der Waals surface area contributed by atoms with E-state index in [4.69, 9.17) is 4.74 Å². The molecule has 23 heavy (non-hydrogen) atoms. The number of nitrogens with one attached hydrogen (secondary N) is 1.